The van der Waals surface area contributed by atoms with E-state index in [4.69, 9.17) is 0 Å². The summed E-state index contributed by atoms with van der Waals surface area (Å²) in [6, 6.07) is 17.1. The van der Waals surface area contributed by atoms with E-state index < -0.39 is 10.0 Å². The van der Waals surface area contributed by atoms with E-state index in [-0.39, 0.29) is 4.90 Å². The SMILES string of the molecule is CC1=Nc2ccc(-c3ccc4nccc(-c5ccncc5)c4c3)cc2S(=O)(=O)N1. The Balaban J connectivity index is 1.69. The lowest BCUT2D eigenvalue weighted by Crippen LogP contribution is -2.31. The summed E-state index contributed by atoms with van der Waals surface area (Å²) < 4.78 is 27.5. The lowest BCUT2D eigenvalue weighted by atomic mass is 9.98. The van der Waals surface area contributed by atoms with Crippen molar-refractivity contribution < 1.29 is 8.42 Å². The monoisotopic (exact) mass is 400 g/mol. The first-order chi connectivity index (χ1) is 14.0. The van der Waals surface area contributed by atoms with Gasteiger partial charge in [0.2, 0.25) is 0 Å². The highest BCUT2D eigenvalue weighted by molar-refractivity contribution is 7.90. The Labute approximate surface area is 168 Å². The molecule has 4 aromatic rings. The molecule has 29 heavy (non-hydrogen) atoms. The van der Waals surface area contributed by atoms with Crippen LogP contribution in [0.3, 0.4) is 0 Å². The number of hydrogen-bond donors (Lipinski definition) is 1. The van der Waals surface area contributed by atoms with Crippen LogP contribution in [0.4, 0.5) is 5.69 Å². The summed E-state index contributed by atoms with van der Waals surface area (Å²) in [5, 5.41) is 0.990. The fourth-order valence-electron chi connectivity index (χ4n) is 3.56. The summed E-state index contributed by atoms with van der Waals surface area (Å²) >= 11 is 0. The van der Waals surface area contributed by atoms with Crippen molar-refractivity contribution >= 4 is 32.4 Å². The maximum absolute atomic E-state index is 12.5. The Morgan fingerprint density at radius 1 is 0.828 bits per heavy atom. The van der Waals surface area contributed by atoms with Gasteiger partial charge in [-0.05, 0) is 71.6 Å². The van der Waals surface area contributed by atoms with Crippen molar-refractivity contribution in [3.63, 3.8) is 0 Å². The van der Waals surface area contributed by atoms with Gasteiger partial charge in [-0.2, -0.15) is 0 Å². The number of sulfonamides is 1. The molecule has 6 nitrogen and oxygen atoms in total. The molecule has 0 fully saturated rings. The van der Waals surface area contributed by atoms with Crippen LogP contribution in [0.1, 0.15) is 6.92 Å². The number of nitrogens with one attached hydrogen (secondary N) is 1. The average Bonchev–Trinajstić information content (AvgIpc) is 2.73. The minimum atomic E-state index is -3.62. The van der Waals surface area contributed by atoms with Gasteiger partial charge in [0.15, 0.2) is 0 Å². The predicted molar refractivity (Wildman–Crippen MR) is 114 cm³/mol. The molecular formula is C22H16N4O2S. The molecule has 0 unspecified atom stereocenters. The number of aliphatic imine (C=N–C) groups is 1. The van der Waals surface area contributed by atoms with Crippen molar-refractivity contribution in [2.45, 2.75) is 11.8 Å². The van der Waals surface area contributed by atoms with Gasteiger partial charge in [0.1, 0.15) is 10.7 Å². The van der Waals surface area contributed by atoms with E-state index in [9.17, 15) is 8.42 Å². The van der Waals surface area contributed by atoms with E-state index >= 15 is 0 Å². The molecule has 2 aromatic carbocycles. The average molecular weight is 400 g/mol. The maximum Gasteiger partial charge on any atom is 0.264 e. The maximum atomic E-state index is 12.5. The van der Waals surface area contributed by atoms with Gasteiger partial charge in [-0.1, -0.05) is 12.1 Å². The quantitative estimate of drug-likeness (QED) is 0.543. The molecule has 1 aliphatic heterocycles. The number of fused-ring (bicyclic) bond motifs is 2. The van der Waals surface area contributed by atoms with Crippen LogP contribution in [0.25, 0.3) is 33.2 Å². The molecule has 0 saturated heterocycles. The zero-order chi connectivity index (χ0) is 20.0. The second kappa shape index (κ2) is 6.49. The molecule has 0 atom stereocenters. The number of aromatic nitrogens is 2. The van der Waals surface area contributed by atoms with Crippen LogP contribution in [-0.4, -0.2) is 24.2 Å². The molecule has 0 amide bonds. The molecule has 0 aliphatic carbocycles. The van der Waals surface area contributed by atoms with E-state index in [0.717, 1.165) is 33.2 Å². The standard InChI is InChI=1S/C22H16N4O2S/c1-14-25-21-5-3-17(13-22(21)29(27,28)26-14)16-2-4-20-19(12-16)18(8-11-24-20)15-6-9-23-10-7-15/h2-13H,1H3,(H,25,26). The highest BCUT2D eigenvalue weighted by Gasteiger charge is 2.24. The van der Waals surface area contributed by atoms with Crippen molar-refractivity contribution in [2.24, 2.45) is 4.99 Å². The predicted octanol–water partition coefficient (Wildman–Crippen LogP) is 4.31. The van der Waals surface area contributed by atoms with Crippen LogP contribution < -0.4 is 4.72 Å². The molecule has 2 aromatic heterocycles. The van der Waals surface area contributed by atoms with Gasteiger partial charge in [0, 0.05) is 24.0 Å². The van der Waals surface area contributed by atoms with Crippen LogP contribution in [-0.2, 0) is 10.0 Å². The molecule has 142 valence electrons. The Morgan fingerprint density at radius 3 is 2.41 bits per heavy atom. The molecule has 0 bridgehead atoms. The number of rotatable bonds is 2. The number of pyridine rings is 2. The Kier molecular flexibility index (Phi) is 3.92. The molecule has 0 saturated carbocycles. The molecular weight excluding hydrogens is 384 g/mol. The van der Waals surface area contributed by atoms with Crippen molar-refractivity contribution in [2.75, 3.05) is 0 Å². The third-order valence-electron chi connectivity index (χ3n) is 4.89. The first-order valence-electron chi connectivity index (χ1n) is 9.03. The Hall–Kier alpha value is -3.58. The summed E-state index contributed by atoms with van der Waals surface area (Å²) in [6.07, 6.45) is 5.31. The molecule has 0 radical (unpaired) electrons. The molecule has 7 heteroatoms. The molecule has 0 spiro atoms. The topological polar surface area (TPSA) is 84.3 Å². The second-order valence-electron chi connectivity index (χ2n) is 6.81. The van der Waals surface area contributed by atoms with E-state index in [2.05, 4.69) is 19.7 Å². The summed E-state index contributed by atoms with van der Waals surface area (Å²) in [6.45, 7) is 1.63. The van der Waals surface area contributed by atoms with Gasteiger partial charge in [-0.25, -0.2) is 13.4 Å². The highest BCUT2D eigenvalue weighted by atomic mass is 32.2. The number of nitrogens with zero attached hydrogens (tertiary/aromatic N) is 3. The van der Waals surface area contributed by atoms with Gasteiger partial charge in [-0.15, -0.1) is 0 Å². The van der Waals surface area contributed by atoms with E-state index in [1.165, 1.54) is 0 Å². The number of amidine groups is 1. The molecule has 3 heterocycles. The van der Waals surface area contributed by atoms with Gasteiger partial charge in [0.25, 0.3) is 10.0 Å². The first kappa shape index (κ1) is 17.5. The summed E-state index contributed by atoms with van der Waals surface area (Å²) in [4.78, 5) is 13.0. The normalized spacial score (nSPS) is 14.7. The third kappa shape index (κ3) is 3.05. The third-order valence-corrected chi connectivity index (χ3v) is 6.36. The Morgan fingerprint density at radius 2 is 1.59 bits per heavy atom. The van der Waals surface area contributed by atoms with Gasteiger partial charge < -0.3 is 0 Å². The van der Waals surface area contributed by atoms with Crippen molar-refractivity contribution in [1.29, 1.82) is 0 Å². The highest BCUT2D eigenvalue weighted by Crippen LogP contribution is 2.35. The zero-order valence-corrected chi connectivity index (χ0v) is 16.3. The van der Waals surface area contributed by atoms with E-state index in [0.29, 0.717) is 11.5 Å². The van der Waals surface area contributed by atoms with Gasteiger partial charge in [0.05, 0.1) is 11.2 Å². The molecule has 1 aliphatic rings. The molecule has 1 N–H and O–H groups in total. The van der Waals surface area contributed by atoms with Crippen LogP contribution in [0.5, 0.6) is 0 Å². The van der Waals surface area contributed by atoms with Gasteiger partial charge >= 0.3 is 0 Å². The van der Waals surface area contributed by atoms with Crippen LogP contribution >= 0.6 is 0 Å². The minimum Gasteiger partial charge on any atom is -0.267 e. The van der Waals surface area contributed by atoms with Crippen molar-refractivity contribution in [3.05, 3.63) is 73.2 Å². The lowest BCUT2D eigenvalue weighted by molar-refractivity contribution is 0.591. The smallest absolute Gasteiger partial charge is 0.264 e. The summed E-state index contributed by atoms with van der Waals surface area (Å²) in [5.41, 5.74) is 5.12. The van der Waals surface area contributed by atoms with Crippen LogP contribution in [0, 0.1) is 0 Å². The second-order valence-corrected chi connectivity index (χ2v) is 8.46. The van der Waals surface area contributed by atoms with Crippen molar-refractivity contribution in [3.8, 4) is 22.3 Å². The summed E-state index contributed by atoms with van der Waals surface area (Å²) in [7, 11) is -3.62. The minimum absolute atomic E-state index is 0.182. The lowest BCUT2D eigenvalue weighted by Gasteiger charge is -2.17. The largest absolute Gasteiger partial charge is 0.267 e. The first-order valence-corrected chi connectivity index (χ1v) is 10.5. The fourth-order valence-corrected chi connectivity index (χ4v) is 4.78. The number of benzene rings is 2. The van der Waals surface area contributed by atoms with Crippen molar-refractivity contribution in [1.82, 2.24) is 14.7 Å². The van der Waals surface area contributed by atoms with Crippen LogP contribution in [0.15, 0.2) is 83.1 Å². The summed E-state index contributed by atoms with van der Waals surface area (Å²) in [5.74, 6) is 0.365. The van der Waals surface area contributed by atoms with Crippen LogP contribution in [0.2, 0.25) is 0 Å². The van der Waals surface area contributed by atoms with E-state index in [1.54, 1.807) is 37.6 Å². The van der Waals surface area contributed by atoms with Gasteiger partial charge in [-0.3, -0.25) is 14.7 Å². The zero-order valence-electron chi connectivity index (χ0n) is 15.5. The Bertz CT molecular complexity index is 1400. The fraction of sp³-hybridized carbons (Fsp3) is 0.0455. The van der Waals surface area contributed by atoms with E-state index in [1.807, 2.05) is 42.5 Å². The molecule has 5 rings (SSSR count). The number of hydrogen-bond acceptors (Lipinski definition) is 5.